The molecule has 23 heavy (non-hydrogen) atoms. The Morgan fingerprint density at radius 2 is 1.83 bits per heavy atom. The summed E-state index contributed by atoms with van der Waals surface area (Å²) in [6.07, 6.45) is 0. The second kappa shape index (κ2) is 5.88. The standard InChI is InChI=1S/C15H15NO6S/c1-20-13-4-2-10(8-12(13)17)16-23(18,19)11-3-5-14-15(9-11)22-7-6-21-14/h2-5,8-9,16-17H,6-7H2,1H3. The molecular weight excluding hydrogens is 322 g/mol. The molecule has 0 aliphatic carbocycles. The predicted molar refractivity (Wildman–Crippen MR) is 82.9 cm³/mol. The van der Waals surface area contributed by atoms with Crippen LogP contribution in [0, 0.1) is 0 Å². The normalized spacial score (nSPS) is 13.4. The van der Waals surface area contributed by atoms with E-state index in [0.717, 1.165) is 0 Å². The van der Waals surface area contributed by atoms with Crippen molar-refractivity contribution in [1.82, 2.24) is 0 Å². The van der Waals surface area contributed by atoms with Crippen LogP contribution in [0.25, 0.3) is 0 Å². The second-order valence-electron chi connectivity index (χ2n) is 4.80. The third kappa shape index (κ3) is 3.11. The summed E-state index contributed by atoms with van der Waals surface area (Å²) in [6, 6.07) is 8.62. The molecule has 122 valence electrons. The molecule has 0 amide bonds. The maximum absolute atomic E-state index is 12.4. The highest BCUT2D eigenvalue weighted by molar-refractivity contribution is 7.92. The van der Waals surface area contributed by atoms with Crippen molar-refractivity contribution >= 4 is 15.7 Å². The highest BCUT2D eigenvalue weighted by Crippen LogP contribution is 2.33. The van der Waals surface area contributed by atoms with Crippen molar-refractivity contribution < 1.29 is 27.7 Å². The molecule has 0 saturated heterocycles. The number of aromatic hydroxyl groups is 1. The Hall–Kier alpha value is -2.61. The summed E-state index contributed by atoms with van der Waals surface area (Å²) < 4.78 is 42.9. The predicted octanol–water partition coefficient (Wildman–Crippen LogP) is 1.97. The van der Waals surface area contributed by atoms with E-state index >= 15 is 0 Å². The van der Waals surface area contributed by atoms with Gasteiger partial charge >= 0.3 is 0 Å². The molecule has 0 spiro atoms. The molecule has 0 bridgehead atoms. The van der Waals surface area contributed by atoms with Crippen LogP contribution < -0.4 is 18.9 Å². The van der Waals surface area contributed by atoms with Crippen LogP contribution in [0.5, 0.6) is 23.0 Å². The summed E-state index contributed by atoms with van der Waals surface area (Å²) in [5, 5.41) is 9.72. The zero-order chi connectivity index (χ0) is 16.4. The number of sulfonamides is 1. The Morgan fingerprint density at radius 3 is 2.52 bits per heavy atom. The monoisotopic (exact) mass is 337 g/mol. The van der Waals surface area contributed by atoms with E-state index in [0.29, 0.717) is 24.7 Å². The number of benzene rings is 2. The number of nitrogens with one attached hydrogen (secondary N) is 1. The first kappa shape index (κ1) is 15.3. The fourth-order valence-electron chi connectivity index (χ4n) is 2.16. The van der Waals surface area contributed by atoms with E-state index in [1.54, 1.807) is 6.07 Å². The number of hydrogen-bond acceptors (Lipinski definition) is 6. The Balaban J connectivity index is 1.88. The lowest BCUT2D eigenvalue weighted by Gasteiger charge is -2.19. The minimum atomic E-state index is -3.82. The molecule has 8 heteroatoms. The summed E-state index contributed by atoms with van der Waals surface area (Å²) >= 11 is 0. The van der Waals surface area contributed by atoms with Gasteiger partial charge in [-0.05, 0) is 24.3 Å². The van der Waals surface area contributed by atoms with Crippen LogP contribution in [0.15, 0.2) is 41.3 Å². The number of ether oxygens (including phenoxy) is 3. The Morgan fingerprint density at radius 1 is 1.09 bits per heavy atom. The number of rotatable bonds is 4. The van der Waals surface area contributed by atoms with E-state index in [1.807, 2.05) is 0 Å². The van der Waals surface area contributed by atoms with Crippen LogP contribution >= 0.6 is 0 Å². The molecule has 0 aromatic heterocycles. The van der Waals surface area contributed by atoms with Crippen LogP contribution in [0.2, 0.25) is 0 Å². The maximum Gasteiger partial charge on any atom is 0.262 e. The minimum Gasteiger partial charge on any atom is -0.504 e. The Labute approximate surface area is 133 Å². The molecule has 0 fully saturated rings. The van der Waals surface area contributed by atoms with Gasteiger partial charge in [-0.1, -0.05) is 0 Å². The first-order valence-corrected chi connectivity index (χ1v) is 8.27. The molecule has 2 aromatic carbocycles. The van der Waals surface area contributed by atoms with Gasteiger partial charge in [-0.2, -0.15) is 0 Å². The zero-order valence-corrected chi connectivity index (χ0v) is 13.1. The lowest BCUT2D eigenvalue weighted by molar-refractivity contribution is 0.171. The summed E-state index contributed by atoms with van der Waals surface area (Å²) in [5.74, 6) is 0.996. The number of phenols is 1. The first-order valence-electron chi connectivity index (χ1n) is 6.79. The fourth-order valence-corrected chi connectivity index (χ4v) is 3.22. The van der Waals surface area contributed by atoms with Crippen LogP contribution in [0.4, 0.5) is 5.69 Å². The van der Waals surface area contributed by atoms with Crippen LogP contribution in [0.1, 0.15) is 0 Å². The molecule has 1 aliphatic heterocycles. The quantitative estimate of drug-likeness (QED) is 0.886. The topological polar surface area (TPSA) is 94.1 Å². The average molecular weight is 337 g/mol. The molecule has 2 aromatic rings. The summed E-state index contributed by atoms with van der Waals surface area (Å²) in [6.45, 7) is 0.804. The van der Waals surface area contributed by atoms with Gasteiger partial charge in [-0.15, -0.1) is 0 Å². The van der Waals surface area contributed by atoms with Gasteiger partial charge in [-0.3, -0.25) is 4.72 Å². The zero-order valence-electron chi connectivity index (χ0n) is 12.3. The van der Waals surface area contributed by atoms with Gasteiger partial charge in [0, 0.05) is 12.1 Å². The van der Waals surface area contributed by atoms with E-state index in [9.17, 15) is 13.5 Å². The lowest BCUT2D eigenvalue weighted by atomic mass is 10.3. The van der Waals surface area contributed by atoms with Crippen molar-refractivity contribution in [3.05, 3.63) is 36.4 Å². The van der Waals surface area contributed by atoms with Crippen molar-refractivity contribution in [3.8, 4) is 23.0 Å². The summed E-state index contributed by atoms with van der Waals surface area (Å²) in [4.78, 5) is 0.0389. The van der Waals surface area contributed by atoms with Crippen molar-refractivity contribution in [1.29, 1.82) is 0 Å². The molecular formula is C15H15NO6S. The molecule has 3 rings (SSSR count). The molecule has 1 heterocycles. The SMILES string of the molecule is COc1ccc(NS(=O)(=O)c2ccc3c(c2)OCCO3)cc1O. The van der Waals surface area contributed by atoms with E-state index in [-0.39, 0.29) is 22.1 Å². The van der Waals surface area contributed by atoms with Crippen LogP contribution in [-0.2, 0) is 10.0 Å². The third-order valence-electron chi connectivity index (χ3n) is 3.26. The minimum absolute atomic E-state index is 0.0389. The number of anilines is 1. The highest BCUT2D eigenvalue weighted by Gasteiger charge is 2.20. The summed E-state index contributed by atoms with van der Waals surface area (Å²) in [5.41, 5.74) is 0.221. The molecule has 0 atom stereocenters. The van der Waals surface area contributed by atoms with Crippen molar-refractivity contribution in [3.63, 3.8) is 0 Å². The molecule has 0 unspecified atom stereocenters. The van der Waals surface area contributed by atoms with Crippen molar-refractivity contribution in [2.45, 2.75) is 4.90 Å². The molecule has 0 saturated carbocycles. The lowest BCUT2D eigenvalue weighted by Crippen LogP contribution is -2.17. The number of phenolic OH excluding ortho intramolecular Hbond substituents is 1. The Bertz CT molecular complexity index is 834. The third-order valence-corrected chi connectivity index (χ3v) is 4.63. The van der Waals surface area contributed by atoms with Crippen molar-refractivity contribution in [2.24, 2.45) is 0 Å². The summed E-state index contributed by atoms with van der Waals surface area (Å²) in [7, 11) is -2.41. The van der Waals surface area contributed by atoms with E-state index in [4.69, 9.17) is 14.2 Å². The van der Waals surface area contributed by atoms with Crippen molar-refractivity contribution in [2.75, 3.05) is 25.0 Å². The van der Waals surface area contributed by atoms with Crippen LogP contribution in [-0.4, -0.2) is 33.8 Å². The second-order valence-corrected chi connectivity index (χ2v) is 6.48. The molecule has 1 aliphatic rings. The van der Waals surface area contributed by atoms with E-state index in [2.05, 4.69) is 4.72 Å². The van der Waals surface area contributed by atoms with E-state index in [1.165, 1.54) is 37.4 Å². The molecule has 7 nitrogen and oxygen atoms in total. The van der Waals surface area contributed by atoms with Gasteiger partial charge in [0.1, 0.15) is 13.2 Å². The van der Waals surface area contributed by atoms with Gasteiger partial charge in [0.15, 0.2) is 23.0 Å². The van der Waals surface area contributed by atoms with Crippen LogP contribution in [0.3, 0.4) is 0 Å². The number of hydrogen-bond donors (Lipinski definition) is 2. The molecule has 0 radical (unpaired) electrons. The largest absolute Gasteiger partial charge is 0.504 e. The fraction of sp³-hybridized carbons (Fsp3) is 0.200. The van der Waals surface area contributed by atoms with E-state index < -0.39 is 10.0 Å². The van der Waals surface area contributed by atoms with Gasteiger partial charge in [0.2, 0.25) is 0 Å². The van der Waals surface area contributed by atoms with Gasteiger partial charge in [0.25, 0.3) is 10.0 Å². The van der Waals surface area contributed by atoms with Gasteiger partial charge in [-0.25, -0.2) is 8.42 Å². The highest BCUT2D eigenvalue weighted by atomic mass is 32.2. The average Bonchev–Trinajstić information content (AvgIpc) is 2.54. The van der Waals surface area contributed by atoms with Gasteiger partial charge in [0.05, 0.1) is 17.7 Å². The Kier molecular flexibility index (Phi) is 3.91. The smallest absolute Gasteiger partial charge is 0.262 e. The maximum atomic E-state index is 12.4. The first-order chi connectivity index (χ1) is 11.0. The van der Waals surface area contributed by atoms with Gasteiger partial charge < -0.3 is 19.3 Å². The molecule has 2 N–H and O–H groups in total. The number of methoxy groups -OCH3 is 1. The number of fused-ring (bicyclic) bond motifs is 1.